The largest absolute Gasteiger partial charge is 0.419 e. The molecule has 0 fully saturated rings. The van der Waals surface area contributed by atoms with Gasteiger partial charge in [-0.05, 0) is 41.8 Å². The zero-order valence-corrected chi connectivity index (χ0v) is 11.5. The lowest BCUT2D eigenvalue weighted by atomic mass is 9.98. The molecule has 0 saturated heterocycles. The van der Waals surface area contributed by atoms with Crippen molar-refractivity contribution in [3.8, 4) is 0 Å². The van der Waals surface area contributed by atoms with Crippen LogP contribution in [0.15, 0.2) is 42.5 Å². The zero-order chi connectivity index (χ0) is 15.6. The van der Waals surface area contributed by atoms with Crippen molar-refractivity contribution in [1.29, 1.82) is 0 Å². The van der Waals surface area contributed by atoms with Gasteiger partial charge in [-0.3, -0.25) is 0 Å². The standard InChI is InChI=1S/C15H12ClF4N/c16-11-4-1-9(2-5-11)7-14(21)10-3-6-13(17)12(8-10)15(18,19)20/h1-6,8,14H,7,21H2/t14-/m0/s1. The van der Waals surface area contributed by atoms with E-state index >= 15 is 0 Å². The number of hydrogen-bond donors (Lipinski definition) is 1. The normalized spacial score (nSPS) is 13.2. The first-order chi connectivity index (χ1) is 9.77. The first-order valence-corrected chi connectivity index (χ1v) is 6.52. The Morgan fingerprint density at radius 2 is 1.67 bits per heavy atom. The summed E-state index contributed by atoms with van der Waals surface area (Å²) in [6.07, 6.45) is -4.40. The van der Waals surface area contributed by atoms with Crippen LogP contribution < -0.4 is 5.73 Å². The molecule has 0 saturated carbocycles. The predicted molar refractivity (Wildman–Crippen MR) is 73.5 cm³/mol. The van der Waals surface area contributed by atoms with Crippen LogP contribution in [-0.2, 0) is 12.6 Å². The van der Waals surface area contributed by atoms with Crippen molar-refractivity contribution in [2.24, 2.45) is 5.73 Å². The molecule has 0 aliphatic rings. The van der Waals surface area contributed by atoms with Crippen LogP contribution in [0.4, 0.5) is 17.6 Å². The van der Waals surface area contributed by atoms with Gasteiger partial charge in [0.25, 0.3) is 0 Å². The van der Waals surface area contributed by atoms with E-state index in [1.807, 2.05) is 0 Å². The molecule has 0 aromatic heterocycles. The molecular weight excluding hydrogens is 306 g/mol. The molecule has 2 aromatic carbocycles. The third kappa shape index (κ3) is 3.95. The van der Waals surface area contributed by atoms with E-state index in [-0.39, 0.29) is 5.56 Å². The van der Waals surface area contributed by atoms with Gasteiger partial charge >= 0.3 is 6.18 Å². The van der Waals surface area contributed by atoms with Crippen LogP contribution in [0.25, 0.3) is 0 Å². The van der Waals surface area contributed by atoms with Gasteiger partial charge in [-0.2, -0.15) is 13.2 Å². The minimum absolute atomic E-state index is 0.235. The smallest absolute Gasteiger partial charge is 0.324 e. The number of benzene rings is 2. The highest BCUT2D eigenvalue weighted by molar-refractivity contribution is 6.30. The van der Waals surface area contributed by atoms with Gasteiger partial charge in [0.15, 0.2) is 0 Å². The van der Waals surface area contributed by atoms with Crippen molar-refractivity contribution in [3.63, 3.8) is 0 Å². The lowest BCUT2D eigenvalue weighted by molar-refractivity contribution is -0.140. The van der Waals surface area contributed by atoms with E-state index in [1.54, 1.807) is 24.3 Å². The second-order valence-corrected chi connectivity index (χ2v) is 5.11. The third-order valence-electron chi connectivity index (χ3n) is 3.09. The van der Waals surface area contributed by atoms with Crippen molar-refractivity contribution in [2.75, 3.05) is 0 Å². The molecule has 0 spiro atoms. The highest BCUT2D eigenvalue weighted by atomic mass is 35.5. The zero-order valence-electron chi connectivity index (χ0n) is 10.8. The van der Waals surface area contributed by atoms with Gasteiger partial charge in [0.05, 0.1) is 5.56 Å². The molecule has 2 rings (SSSR count). The summed E-state index contributed by atoms with van der Waals surface area (Å²) in [7, 11) is 0. The monoisotopic (exact) mass is 317 g/mol. The van der Waals surface area contributed by atoms with Gasteiger partial charge in [0.1, 0.15) is 5.82 Å². The number of rotatable bonds is 3. The Kier molecular flexibility index (Phi) is 4.54. The Balaban J connectivity index is 2.23. The Morgan fingerprint density at radius 3 is 2.24 bits per heavy atom. The van der Waals surface area contributed by atoms with E-state index in [1.165, 1.54) is 6.07 Å². The van der Waals surface area contributed by atoms with Crippen LogP contribution in [0.5, 0.6) is 0 Å². The van der Waals surface area contributed by atoms with Crippen LogP contribution in [0.3, 0.4) is 0 Å². The average Bonchev–Trinajstić information content (AvgIpc) is 2.40. The SMILES string of the molecule is N[C@@H](Cc1ccc(Cl)cc1)c1ccc(F)c(C(F)(F)F)c1. The molecule has 21 heavy (non-hydrogen) atoms. The summed E-state index contributed by atoms with van der Waals surface area (Å²) < 4.78 is 51.2. The number of alkyl halides is 3. The van der Waals surface area contributed by atoms with E-state index in [2.05, 4.69) is 0 Å². The molecular formula is C15H12ClF4N. The van der Waals surface area contributed by atoms with Crippen LogP contribution in [0.2, 0.25) is 5.02 Å². The maximum Gasteiger partial charge on any atom is 0.419 e. The average molecular weight is 318 g/mol. The van der Waals surface area contributed by atoms with Crippen molar-refractivity contribution in [3.05, 3.63) is 70.0 Å². The summed E-state index contributed by atoms with van der Waals surface area (Å²) in [6, 6.07) is 9.01. The number of hydrogen-bond acceptors (Lipinski definition) is 1. The second kappa shape index (κ2) is 6.03. The molecule has 0 aliphatic carbocycles. The number of halogens is 5. The summed E-state index contributed by atoms with van der Waals surface area (Å²) in [5.74, 6) is -1.30. The first kappa shape index (κ1) is 15.8. The highest BCUT2D eigenvalue weighted by Gasteiger charge is 2.34. The quantitative estimate of drug-likeness (QED) is 0.813. The second-order valence-electron chi connectivity index (χ2n) is 4.67. The predicted octanol–water partition coefficient (Wildman–Crippen LogP) is 4.74. The summed E-state index contributed by atoms with van der Waals surface area (Å²) in [5.41, 5.74) is 5.68. The Hall–Kier alpha value is -1.59. The maximum absolute atomic E-state index is 13.2. The fourth-order valence-electron chi connectivity index (χ4n) is 1.98. The van der Waals surface area contributed by atoms with Gasteiger partial charge in [-0.1, -0.05) is 29.8 Å². The topological polar surface area (TPSA) is 26.0 Å². The first-order valence-electron chi connectivity index (χ1n) is 6.14. The van der Waals surface area contributed by atoms with Crippen LogP contribution in [-0.4, -0.2) is 0 Å². The minimum Gasteiger partial charge on any atom is -0.324 e. The fraction of sp³-hybridized carbons (Fsp3) is 0.200. The highest BCUT2D eigenvalue weighted by Crippen LogP contribution is 2.33. The summed E-state index contributed by atoms with van der Waals surface area (Å²) in [4.78, 5) is 0. The van der Waals surface area contributed by atoms with E-state index in [9.17, 15) is 17.6 Å². The molecule has 0 radical (unpaired) electrons. The Bertz CT molecular complexity index is 623. The van der Waals surface area contributed by atoms with Gasteiger partial charge < -0.3 is 5.73 Å². The molecule has 1 atom stereocenters. The molecule has 0 heterocycles. The fourth-order valence-corrected chi connectivity index (χ4v) is 2.11. The van der Waals surface area contributed by atoms with Crippen LogP contribution >= 0.6 is 11.6 Å². The van der Waals surface area contributed by atoms with Gasteiger partial charge in [0.2, 0.25) is 0 Å². The summed E-state index contributed by atoms with van der Waals surface area (Å²) in [6.45, 7) is 0. The van der Waals surface area contributed by atoms with Crippen molar-refractivity contribution < 1.29 is 17.6 Å². The van der Waals surface area contributed by atoms with Gasteiger partial charge in [-0.15, -0.1) is 0 Å². The van der Waals surface area contributed by atoms with E-state index in [4.69, 9.17) is 17.3 Å². The maximum atomic E-state index is 13.2. The van der Waals surface area contributed by atoms with Crippen molar-refractivity contribution in [2.45, 2.75) is 18.6 Å². The van der Waals surface area contributed by atoms with E-state index in [0.29, 0.717) is 11.4 Å². The molecule has 112 valence electrons. The number of nitrogens with two attached hydrogens (primary N) is 1. The molecule has 0 unspecified atom stereocenters. The van der Waals surface area contributed by atoms with E-state index < -0.39 is 23.6 Å². The molecule has 0 aliphatic heterocycles. The van der Waals surface area contributed by atoms with Gasteiger partial charge in [-0.25, -0.2) is 4.39 Å². The molecule has 6 heteroatoms. The Morgan fingerprint density at radius 1 is 1.05 bits per heavy atom. The Labute approximate surface area is 124 Å². The summed E-state index contributed by atoms with van der Waals surface area (Å²) >= 11 is 5.76. The lowest BCUT2D eigenvalue weighted by Gasteiger charge is -2.15. The minimum atomic E-state index is -4.74. The summed E-state index contributed by atoms with van der Waals surface area (Å²) in [5, 5.41) is 0.563. The van der Waals surface area contributed by atoms with Gasteiger partial charge in [0, 0.05) is 11.1 Å². The van der Waals surface area contributed by atoms with Crippen LogP contribution in [0.1, 0.15) is 22.7 Å². The van der Waals surface area contributed by atoms with Crippen LogP contribution in [0, 0.1) is 5.82 Å². The van der Waals surface area contributed by atoms with Crippen molar-refractivity contribution in [1.82, 2.24) is 0 Å². The van der Waals surface area contributed by atoms with Crippen molar-refractivity contribution >= 4 is 11.6 Å². The lowest BCUT2D eigenvalue weighted by Crippen LogP contribution is -2.16. The molecule has 0 amide bonds. The van der Waals surface area contributed by atoms with E-state index in [0.717, 1.165) is 17.7 Å². The molecule has 2 aromatic rings. The molecule has 1 nitrogen and oxygen atoms in total. The molecule has 0 bridgehead atoms. The molecule has 2 N–H and O–H groups in total. The third-order valence-corrected chi connectivity index (χ3v) is 3.34.